The summed E-state index contributed by atoms with van der Waals surface area (Å²) in [5.41, 5.74) is 0. The van der Waals surface area contributed by atoms with Crippen LogP contribution >= 0.6 is 8.25 Å². The third kappa shape index (κ3) is 23.8. The first-order valence-electron chi connectivity index (χ1n) is 1.02. The van der Waals surface area contributed by atoms with Gasteiger partial charge in [0.05, 0.1) is 0 Å². The van der Waals surface area contributed by atoms with Crippen LogP contribution in [-0.4, -0.2) is 7.11 Å². The molecule has 0 spiro atoms. The van der Waals surface area contributed by atoms with Crippen molar-refractivity contribution in [2.75, 3.05) is 7.11 Å². The van der Waals surface area contributed by atoms with Crippen LogP contribution in [0.3, 0.4) is 0 Å². The van der Waals surface area contributed by atoms with Gasteiger partial charge in [-0.3, -0.25) is 0 Å². The van der Waals surface area contributed by atoms with Crippen molar-refractivity contribution < 1.29 is 79.4 Å². The van der Waals surface area contributed by atoms with Crippen LogP contribution < -0.4 is 4.89 Å². The summed E-state index contributed by atoms with van der Waals surface area (Å²) in [5, 5.41) is 0. The molecule has 0 aromatic carbocycles. The smallest absolute Gasteiger partial charge is 0.121 e. The fraction of sp³-hybridized carbons (Fsp3) is 0.500. The van der Waals surface area contributed by atoms with Crippen molar-refractivity contribution in [3.8, 4) is 0 Å². The van der Waals surface area contributed by atoms with Crippen LogP contribution in [-0.2, 0) is 74.5 Å². The fourth-order valence-corrected chi connectivity index (χ4v) is 0. The Bertz CT molecular complexity index is 50.5. The van der Waals surface area contributed by atoms with Crippen molar-refractivity contribution in [1.29, 1.82) is 0 Å². The van der Waals surface area contributed by atoms with Crippen LogP contribution in [0.2, 0.25) is 0 Å². The first kappa shape index (κ1) is 22.4. The van der Waals surface area contributed by atoms with E-state index in [1.807, 2.05) is 0 Å². The van der Waals surface area contributed by atoms with E-state index < -0.39 is 8.25 Å². The van der Waals surface area contributed by atoms with E-state index in [4.69, 9.17) is 0 Å². The van der Waals surface area contributed by atoms with Crippen LogP contribution in [0.25, 0.3) is 0 Å². The molecule has 6 heteroatoms. The summed E-state index contributed by atoms with van der Waals surface area (Å²) < 4.78 is 13.0. The Balaban J connectivity index is -0.0000000267. The summed E-state index contributed by atoms with van der Waals surface area (Å²) in [6.45, 7) is 0. The van der Waals surface area contributed by atoms with Crippen molar-refractivity contribution in [2.24, 2.45) is 0 Å². The first-order chi connectivity index (χ1) is 2.27. The third-order valence-electron chi connectivity index (χ3n) is 0.167. The summed E-state index contributed by atoms with van der Waals surface area (Å²) in [7, 11) is -1.75. The first-order valence-corrected chi connectivity index (χ1v) is 2.25. The summed E-state index contributed by atoms with van der Waals surface area (Å²) in [6, 6.07) is 0. The van der Waals surface area contributed by atoms with Gasteiger partial charge in [-0.1, -0.05) is 0 Å². The SMILES string of the molecule is CO[PH](=O)[O-].[CH3-].[Y].[Y]. The maximum atomic E-state index is 9.22. The van der Waals surface area contributed by atoms with E-state index in [-0.39, 0.29) is 72.8 Å². The fourth-order valence-electron chi connectivity index (χ4n) is 0. The number of hydrogen-bond donors (Lipinski definition) is 0. The van der Waals surface area contributed by atoms with Crippen molar-refractivity contribution >= 4 is 8.25 Å². The zero-order valence-corrected chi connectivity index (χ0v) is 11.6. The molecular weight excluding hydrogens is 281 g/mol. The molecule has 0 bridgehead atoms. The summed E-state index contributed by atoms with van der Waals surface area (Å²) in [5.74, 6) is 0. The Morgan fingerprint density at radius 2 is 1.62 bits per heavy atom. The molecule has 0 aliphatic rings. The van der Waals surface area contributed by atoms with Gasteiger partial charge in [-0.2, -0.15) is 0 Å². The van der Waals surface area contributed by atoms with E-state index in [2.05, 4.69) is 4.52 Å². The van der Waals surface area contributed by atoms with Gasteiger partial charge in [0.1, 0.15) is 8.25 Å². The third-order valence-corrected chi connectivity index (χ3v) is 0.500. The van der Waals surface area contributed by atoms with E-state index >= 15 is 0 Å². The van der Waals surface area contributed by atoms with Crippen LogP contribution in [0.15, 0.2) is 0 Å². The van der Waals surface area contributed by atoms with Crippen molar-refractivity contribution in [3.63, 3.8) is 0 Å². The molecule has 0 amide bonds. The average Bonchev–Trinajstić information content (AvgIpc) is 1.38. The molecule has 0 fully saturated rings. The monoisotopic (exact) mass is 288 g/mol. The van der Waals surface area contributed by atoms with Crippen molar-refractivity contribution in [2.45, 2.75) is 0 Å². The molecule has 0 aliphatic carbocycles. The van der Waals surface area contributed by atoms with Crippen molar-refractivity contribution in [3.05, 3.63) is 7.43 Å². The van der Waals surface area contributed by atoms with E-state index in [0.29, 0.717) is 0 Å². The van der Waals surface area contributed by atoms with Crippen LogP contribution in [0, 0.1) is 7.43 Å². The molecule has 0 saturated carbocycles. The molecule has 0 rings (SSSR count). The molecule has 2 radical (unpaired) electrons. The Kier molecular flexibility index (Phi) is 45.4. The zero-order valence-electron chi connectivity index (χ0n) is 4.88. The molecule has 0 aromatic heterocycles. The van der Waals surface area contributed by atoms with Gasteiger partial charge >= 0.3 is 0 Å². The second kappa shape index (κ2) is 16.2. The normalized spacial score (nSPS) is 9.25. The quantitative estimate of drug-likeness (QED) is 0.497. The van der Waals surface area contributed by atoms with E-state index in [1.165, 1.54) is 0 Å². The van der Waals surface area contributed by atoms with Gasteiger partial charge in [0.25, 0.3) is 0 Å². The summed E-state index contributed by atoms with van der Waals surface area (Å²) in [4.78, 5) is 9.22. The maximum Gasteiger partial charge on any atom is 0.121 e. The van der Waals surface area contributed by atoms with Gasteiger partial charge in [-0.05, 0) is 0 Å². The molecule has 0 aliphatic heterocycles. The maximum absolute atomic E-state index is 9.22. The minimum absolute atomic E-state index is 0. The zero-order chi connectivity index (χ0) is 4.28. The Morgan fingerprint density at radius 1 is 1.50 bits per heavy atom. The Hall–Kier alpha value is 2.36. The molecule has 8 heavy (non-hydrogen) atoms. The molecule has 0 heterocycles. The number of hydrogen-bond acceptors (Lipinski definition) is 3. The molecule has 1 atom stereocenters. The van der Waals surface area contributed by atoms with Crippen molar-refractivity contribution in [1.82, 2.24) is 0 Å². The van der Waals surface area contributed by atoms with Crippen LogP contribution in [0.5, 0.6) is 0 Å². The Morgan fingerprint density at radius 3 is 1.62 bits per heavy atom. The predicted octanol–water partition coefficient (Wildman–Crippen LogP) is -0.172. The van der Waals surface area contributed by atoms with Gasteiger partial charge in [-0.15, -0.1) is 0 Å². The van der Waals surface area contributed by atoms with Gasteiger partial charge in [-0.25, -0.2) is 0 Å². The van der Waals surface area contributed by atoms with Gasteiger partial charge in [0.2, 0.25) is 0 Å². The standard InChI is InChI=1S/CH5O3P.CH3.2Y/c1-4-5(2)3;;;/h5H,1H3,(H,2,3);1H3;;/q;-1;;/p-1. The molecular formula is C2H7O3PY2-2. The number of rotatable bonds is 1. The Labute approximate surface area is 101 Å². The molecule has 0 saturated heterocycles. The van der Waals surface area contributed by atoms with Crippen LogP contribution in [0.1, 0.15) is 0 Å². The molecule has 3 nitrogen and oxygen atoms in total. The average molecular weight is 288 g/mol. The van der Waals surface area contributed by atoms with Gasteiger partial charge in [0.15, 0.2) is 0 Å². The van der Waals surface area contributed by atoms with E-state index in [9.17, 15) is 9.46 Å². The second-order valence-corrected chi connectivity index (χ2v) is 1.36. The van der Waals surface area contributed by atoms with E-state index in [0.717, 1.165) is 7.11 Å². The summed E-state index contributed by atoms with van der Waals surface area (Å²) in [6.07, 6.45) is 0. The summed E-state index contributed by atoms with van der Waals surface area (Å²) >= 11 is 0. The van der Waals surface area contributed by atoms with Gasteiger partial charge < -0.3 is 21.4 Å². The molecule has 0 N–H and O–H groups in total. The van der Waals surface area contributed by atoms with Crippen LogP contribution in [0.4, 0.5) is 0 Å². The molecule has 1 unspecified atom stereocenters. The predicted molar refractivity (Wildman–Crippen MR) is 22.4 cm³/mol. The second-order valence-electron chi connectivity index (χ2n) is 0.454. The van der Waals surface area contributed by atoms with E-state index in [1.54, 1.807) is 0 Å². The molecule has 46 valence electrons. The largest absolute Gasteiger partial charge is 0.781 e. The van der Waals surface area contributed by atoms with Gasteiger partial charge in [0, 0.05) is 72.5 Å². The topological polar surface area (TPSA) is 49.4 Å². The molecule has 0 aromatic rings. The minimum atomic E-state index is -2.87. The minimum Gasteiger partial charge on any atom is -0.781 e.